The summed E-state index contributed by atoms with van der Waals surface area (Å²) in [5, 5.41) is 3.70. The molecule has 0 aliphatic rings. The van der Waals surface area contributed by atoms with Crippen LogP contribution in [0, 0.1) is 0 Å². The molecule has 0 fully saturated rings. The highest BCUT2D eigenvalue weighted by Crippen LogP contribution is 2.22. The minimum Gasteiger partial charge on any atom is -0.384 e. The number of aromatic nitrogens is 2. The van der Waals surface area contributed by atoms with Gasteiger partial charge in [-0.25, -0.2) is 4.79 Å². The lowest BCUT2D eigenvalue weighted by molar-refractivity contribution is 0.0943. The van der Waals surface area contributed by atoms with Gasteiger partial charge in [0.2, 0.25) is 0 Å². The third-order valence-corrected chi connectivity index (χ3v) is 4.57. The molecule has 0 saturated heterocycles. The number of nitrogens with one attached hydrogen (secondary N) is 1. The molecule has 0 aliphatic carbocycles. The smallest absolute Gasteiger partial charge is 0.332 e. The van der Waals surface area contributed by atoms with E-state index in [4.69, 9.17) is 17.3 Å². The molecular formula is C17H21ClN4O3. The number of benzene rings is 1. The Morgan fingerprint density at radius 3 is 2.36 bits per heavy atom. The van der Waals surface area contributed by atoms with Gasteiger partial charge in [0, 0.05) is 25.2 Å². The number of carbonyl (C=O) groups is 1. The van der Waals surface area contributed by atoms with E-state index in [1.165, 1.54) is 14.1 Å². The molecule has 0 spiro atoms. The van der Waals surface area contributed by atoms with Crippen LogP contribution in [0.15, 0.2) is 33.9 Å². The summed E-state index contributed by atoms with van der Waals surface area (Å²) in [6, 6.07) is 6.39. The van der Waals surface area contributed by atoms with Gasteiger partial charge >= 0.3 is 5.69 Å². The summed E-state index contributed by atoms with van der Waals surface area (Å²) in [7, 11) is 2.73. The molecule has 2 rings (SSSR count). The summed E-state index contributed by atoms with van der Waals surface area (Å²) >= 11 is 6.17. The van der Waals surface area contributed by atoms with Crippen molar-refractivity contribution in [3.05, 3.63) is 61.3 Å². The van der Waals surface area contributed by atoms with E-state index in [0.29, 0.717) is 5.02 Å². The van der Waals surface area contributed by atoms with Gasteiger partial charge in [-0.1, -0.05) is 29.8 Å². The Bertz CT molecular complexity index is 932. The zero-order valence-electron chi connectivity index (χ0n) is 14.5. The molecule has 0 aliphatic heterocycles. The van der Waals surface area contributed by atoms with Crippen molar-refractivity contribution in [2.45, 2.75) is 25.9 Å². The molecule has 3 N–H and O–H groups in total. The third kappa shape index (κ3) is 3.52. The maximum Gasteiger partial charge on any atom is 0.332 e. The molecule has 0 saturated carbocycles. The van der Waals surface area contributed by atoms with E-state index in [2.05, 4.69) is 5.32 Å². The van der Waals surface area contributed by atoms with Crippen molar-refractivity contribution in [3.8, 4) is 0 Å². The first-order valence-electron chi connectivity index (χ1n) is 7.77. The van der Waals surface area contributed by atoms with Crippen LogP contribution in [0.2, 0.25) is 5.02 Å². The van der Waals surface area contributed by atoms with Gasteiger partial charge < -0.3 is 11.1 Å². The van der Waals surface area contributed by atoms with Gasteiger partial charge in [0.15, 0.2) is 5.78 Å². The van der Waals surface area contributed by atoms with Gasteiger partial charge in [0.1, 0.15) is 11.4 Å². The van der Waals surface area contributed by atoms with E-state index in [0.717, 1.165) is 14.7 Å². The van der Waals surface area contributed by atoms with Crippen LogP contribution in [-0.4, -0.2) is 21.0 Å². The first-order valence-corrected chi connectivity index (χ1v) is 8.14. The van der Waals surface area contributed by atoms with Crippen molar-refractivity contribution < 1.29 is 4.79 Å². The molecule has 1 heterocycles. The van der Waals surface area contributed by atoms with Gasteiger partial charge in [-0.15, -0.1) is 0 Å². The molecule has 2 unspecified atom stereocenters. The number of ketones is 1. The van der Waals surface area contributed by atoms with E-state index < -0.39 is 23.1 Å². The van der Waals surface area contributed by atoms with Crippen LogP contribution in [0.3, 0.4) is 0 Å². The number of rotatable bonds is 5. The number of Topliss-reactive ketones (excluding diaryl/α,β-unsaturated/α-hetero) is 1. The Kier molecular flexibility index (Phi) is 5.49. The van der Waals surface area contributed by atoms with Crippen LogP contribution in [0.25, 0.3) is 0 Å². The lowest BCUT2D eigenvalue weighted by Crippen LogP contribution is -2.45. The van der Waals surface area contributed by atoms with E-state index >= 15 is 0 Å². The maximum absolute atomic E-state index is 12.7. The monoisotopic (exact) mass is 364 g/mol. The third-order valence-electron chi connectivity index (χ3n) is 4.22. The second kappa shape index (κ2) is 7.25. The molecule has 8 heteroatoms. The van der Waals surface area contributed by atoms with Crippen molar-refractivity contribution in [1.29, 1.82) is 0 Å². The molecule has 2 aromatic rings. The molecule has 1 aromatic heterocycles. The second-order valence-electron chi connectivity index (χ2n) is 5.96. The van der Waals surface area contributed by atoms with Crippen molar-refractivity contribution >= 4 is 23.2 Å². The fourth-order valence-electron chi connectivity index (χ4n) is 2.67. The molecule has 0 radical (unpaired) electrons. The van der Waals surface area contributed by atoms with Gasteiger partial charge in [0.05, 0.1) is 6.04 Å². The summed E-state index contributed by atoms with van der Waals surface area (Å²) in [5.41, 5.74) is 5.19. The van der Waals surface area contributed by atoms with Gasteiger partial charge in [0.25, 0.3) is 5.56 Å². The minimum atomic E-state index is -0.704. The van der Waals surface area contributed by atoms with E-state index in [1.807, 2.05) is 25.1 Å². The topological polar surface area (TPSA) is 99.1 Å². The summed E-state index contributed by atoms with van der Waals surface area (Å²) in [4.78, 5) is 36.9. The Labute approximate surface area is 150 Å². The number of nitrogen functional groups attached to an aromatic ring is 1. The Morgan fingerprint density at radius 2 is 1.76 bits per heavy atom. The number of nitrogens with zero attached hydrogens (tertiary/aromatic N) is 2. The van der Waals surface area contributed by atoms with Crippen LogP contribution < -0.4 is 22.3 Å². The van der Waals surface area contributed by atoms with Crippen LogP contribution in [0.4, 0.5) is 5.82 Å². The zero-order chi connectivity index (χ0) is 18.9. The highest BCUT2D eigenvalue weighted by atomic mass is 35.5. The second-order valence-corrected chi connectivity index (χ2v) is 6.37. The SMILES string of the molecule is CC(NC(C)c1ccccc1Cl)C(=O)c1c(N)n(C)c(=O)n(C)c1=O. The molecule has 0 amide bonds. The lowest BCUT2D eigenvalue weighted by atomic mass is 10.0. The Balaban J connectivity index is 2.34. The number of hydrogen-bond acceptors (Lipinski definition) is 5. The van der Waals surface area contributed by atoms with Gasteiger partial charge in [-0.3, -0.25) is 18.7 Å². The largest absolute Gasteiger partial charge is 0.384 e. The quantitative estimate of drug-likeness (QED) is 0.778. The number of halogens is 1. The summed E-state index contributed by atoms with van der Waals surface area (Å²) in [5.74, 6) is -0.621. The Morgan fingerprint density at radius 1 is 1.16 bits per heavy atom. The first-order chi connectivity index (χ1) is 11.7. The van der Waals surface area contributed by atoms with E-state index in [9.17, 15) is 14.4 Å². The molecule has 134 valence electrons. The Hall–Kier alpha value is -2.38. The number of nitrogens with two attached hydrogens (primary N) is 1. The normalized spacial score (nSPS) is 13.5. The fourth-order valence-corrected chi connectivity index (χ4v) is 2.97. The fraction of sp³-hybridized carbons (Fsp3) is 0.353. The van der Waals surface area contributed by atoms with Crippen molar-refractivity contribution in [1.82, 2.24) is 14.5 Å². The predicted octanol–water partition coefficient (Wildman–Crippen LogP) is 1.24. The maximum atomic E-state index is 12.7. The summed E-state index contributed by atoms with van der Waals surface area (Å²) < 4.78 is 1.95. The van der Waals surface area contributed by atoms with E-state index in [1.54, 1.807) is 13.0 Å². The van der Waals surface area contributed by atoms with Crippen LogP contribution >= 0.6 is 11.6 Å². The molecule has 1 aromatic carbocycles. The number of anilines is 1. The lowest BCUT2D eigenvalue weighted by Gasteiger charge is -2.21. The van der Waals surface area contributed by atoms with Crippen molar-refractivity contribution in [3.63, 3.8) is 0 Å². The predicted molar refractivity (Wildman–Crippen MR) is 98.1 cm³/mol. The van der Waals surface area contributed by atoms with Crippen molar-refractivity contribution in [2.24, 2.45) is 14.1 Å². The average molecular weight is 365 g/mol. The summed E-state index contributed by atoms with van der Waals surface area (Å²) in [6.45, 7) is 3.51. The minimum absolute atomic E-state index is 0.142. The highest BCUT2D eigenvalue weighted by molar-refractivity contribution is 6.31. The molecular weight excluding hydrogens is 344 g/mol. The van der Waals surface area contributed by atoms with Gasteiger partial charge in [-0.05, 0) is 25.5 Å². The van der Waals surface area contributed by atoms with Gasteiger partial charge in [-0.2, -0.15) is 0 Å². The number of hydrogen-bond donors (Lipinski definition) is 2. The molecule has 2 atom stereocenters. The van der Waals surface area contributed by atoms with Crippen LogP contribution in [-0.2, 0) is 14.1 Å². The van der Waals surface area contributed by atoms with E-state index in [-0.39, 0.29) is 17.4 Å². The van der Waals surface area contributed by atoms with Crippen molar-refractivity contribution in [2.75, 3.05) is 5.73 Å². The average Bonchev–Trinajstić information content (AvgIpc) is 2.58. The molecule has 25 heavy (non-hydrogen) atoms. The standard InChI is InChI=1S/C17H21ClN4O3/c1-9(11-7-5-6-8-12(11)18)20-10(2)14(23)13-15(19)21(3)17(25)22(4)16(13)24/h5-10,20H,19H2,1-4H3. The number of carbonyl (C=O) groups excluding carboxylic acids is 1. The first kappa shape index (κ1) is 19.0. The zero-order valence-corrected chi connectivity index (χ0v) is 15.3. The van der Waals surface area contributed by atoms with Crippen LogP contribution in [0.1, 0.15) is 35.8 Å². The molecule has 0 bridgehead atoms. The summed E-state index contributed by atoms with van der Waals surface area (Å²) in [6.07, 6.45) is 0. The van der Waals surface area contributed by atoms with Crippen LogP contribution in [0.5, 0.6) is 0 Å². The molecule has 7 nitrogen and oxygen atoms in total. The highest BCUT2D eigenvalue weighted by Gasteiger charge is 2.26.